The highest BCUT2D eigenvalue weighted by Crippen LogP contribution is 2.37. The van der Waals surface area contributed by atoms with Crippen LogP contribution in [0.4, 0.5) is 0 Å². The van der Waals surface area contributed by atoms with Crippen molar-refractivity contribution in [2.45, 2.75) is 46.2 Å². The van der Waals surface area contributed by atoms with Gasteiger partial charge in [0.15, 0.2) is 11.5 Å². The van der Waals surface area contributed by atoms with E-state index < -0.39 is 0 Å². The number of aliphatic hydroxyl groups is 1. The largest absolute Gasteiger partial charge is 0.490 e. The summed E-state index contributed by atoms with van der Waals surface area (Å²) in [5, 5.41) is 12.5. The number of rotatable bonds is 10. The molecule has 0 saturated carbocycles. The van der Waals surface area contributed by atoms with Crippen molar-refractivity contribution in [3.8, 4) is 11.5 Å². The summed E-state index contributed by atoms with van der Waals surface area (Å²) in [6.45, 7) is 8.18. The van der Waals surface area contributed by atoms with Crippen molar-refractivity contribution < 1.29 is 14.6 Å². The fourth-order valence-electron chi connectivity index (χ4n) is 1.93. The van der Waals surface area contributed by atoms with Crippen molar-refractivity contribution in [3.05, 3.63) is 22.2 Å². The Kier molecular flexibility index (Phi) is 8.73. The minimum absolute atomic E-state index is 0.121. The van der Waals surface area contributed by atoms with Crippen molar-refractivity contribution in [3.63, 3.8) is 0 Å². The zero-order valence-electron chi connectivity index (χ0n) is 13.1. The molecule has 0 aromatic heterocycles. The summed E-state index contributed by atoms with van der Waals surface area (Å²) in [7, 11) is 0. The molecule has 0 aliphatic rings. The van der Waals surface area contributed by atoms with Crippen LogP contribution in [0.2, 0.25) is 0 Å². The van der Waals surface area contributed by atoms with E-state index in [9.17, 15) is 5.11 Å². The van der Waals surface area contributed by atoms with Gasteiger partial charge in [-0.2, -0.15) is 0 Å². The number of nitrogens with one attached hydrogen (secondary N) is 1. The Labute approximate surface area is 136 Å². The first-order chi connectivity index (χ1) is 10.2. The molecule has 120 valence electrons. The molecule has 0 spiro atoms. The maximum atomic E-state index is 9.22. The zero-order chi connectivity index (χ0) is 15.7. The lowest BCUT2D eigenvalue weighted by molar-refractivity contribution is 0.238. The van der Waals surface area contributed by atoms with Gasteiger partial charge in [-0.1, -0.05) is 13.8 Å². The summed E-state index contributed by atoms with van der Waals surface area (Å²) < 4.78 is 12.3. The van der Waals surface area contributed by atoms with Gasteiger partial charge in [0.1, 0.15) is 0 Å². The Morgan fingerprint density at radius 1 is 1.24 bits per heavy atom. The van der Waals surface area contributed by atoms with Crippen molar-refractivity contribution in [2.24, 2.45) is 0 Å². The van der Waals surface area contributed by atoms with Crippen molar-refractivity contribution in [2.75, 3.05) is 19.8 Å². The lowest BCUT2D eigenvalue weighted by Crippen LogP contribution is -2.31. The second kappa shape index (κ2) is 10.0. The van der Waals surface area contributed by atoms with Crippen molar-refractivity contribution in [1.29, 1.82) is 0 Å². The summed E-state index contributed by atoms with van der Waals surface area (Å²) in [6.07, 6.45) is 1.85. The number of ether oxygens (including phenoxy) is 2. The molecular formula is C16H26BrNO3. The monoisotopic (exact) mass is 359 g/mol. The molecule has 0 aliphatic carbocycles. The molecule has 2 N–H and O–H groups in total. The molecule has 1 rings (SSSR count). The van der Waals surface area contributed by atoms with Crippen LogP contribution in [0.3, 0.4) is 0 Å². The van der Waals surface area contributed by atoms with Crippen molar-refractivity contribution >= 4 is 15.9 Å². The highest BCUT2D eigenvalue weighted by atomic mass is 79.9. The number of halogens is 1. The molecule has 4 nitrogen and oxygen atoms in total. The van der Waals surface area contributed by atoms with Crippen LogP contribution < -0.4 is 14.8 Å². The predicted octanol–water partition coefficient (Wildman–Crippen LogP) is 3.50. The molecule has 21 heavy (non-hydrogen) atoms. The SMILES string of the molecule is CCCOc1c(Br)cc(CN[C@@H](CC)CO)cc1OCC. The van der Waals surface area contributed by atoms with Crippen LogP contribution in [0.15, 0.2) is 16.6 Å². The first-order valence-electron chi connectivity index (χ1n) is 7.58. The molecule has 5 heteroatoms. The molecule has 1 aromatic rings. The molecule has 0 radical (unpaired) electrons. The van der Waals surface area contributed by atoms with Gasteiger partial charge >= 0.3 is 0 Å². The maximum Gasteiger partial charge on any atom is 0.175 e. The third-order valence-corrected chi connectivity index (χ3v) is 3.72. The van der Waals surface area contributed by atoms with Gasteiger partial charge in [-0.15, -0.1) is 0 Å². The Bertz CT molecular complexity index is 422. The van der Waals surface area contributed by atoms with Crippen LogP contribution in [-0.2, 0) is 6.54 Å². The molecule has 1 atom stereocenters. The van der Waals surface area contributed by atoms with Crippen molar-refractivity contribution in [1.82, 2.24) is 5.32 Å². The first-order valence-corrected chi connectivity index (χ1v) is 8.37. The van der Waals surface area contributed by atoms with Gasteiger partial charge in [-0.25, -0.2) is 0 Å². The first kappa shape index (κ1) is 18.3. The molecule has 0 amide bonds. The highest BCUT2D eigenvalue weighted by Gasteiger charge is 2.13. The van der Waals surface area contributed by atoms with E-state index in [4.69, 9.17) is 9.47 Å². The summed E-state index contributed by atoms with van der Waals surface area (Å²) in [5.74, 6) is 1.52. The minimum atomic E-state index is 0.121. The Hall–Kier alpha value is -0.780. The van der Waals surface area contributed by atoms with Gasteiger partial charge in [0.05, 0.1) is 24.3 Å². The van der Waals surface area contributed by atoms with E-state index in [1.807, 2.05) is 19.1 Å². The molecule has 0 unspecified atom stereocenters. The van der Waals surface area contributed by atoms with Crippen LogP contribution in [0.5, 0.6) is 11.5 Å². The van der Waals surface area contributed by atoms with Gasteiger partial charge in [-0.3, -0.25) is 0 Å². The predicted molar refractivity (Wildman–Crippen MR) is 89.1 cm³/mol. The molecule has 0 aliphatic heterocycles. The highest BCUT2D eigenvalue weighted by molar-refractivity contribution is 9.10. The van der Waals surface area contributed by atoms with Crippen LogP contribution in [0, 0.1) is 0 Å². The summed E-state index contributed by atoms with van der Waals surface area (Å²) >= 11 is 3.56. The van der Waals surface area contributed by atoms with E-state index in [-0.39, 0.29) is 12.6 Å². The number of aliphatic hydroxyl groups excluding tert-OH is 1. The van der Waals surface area contributed by atoms with Crippen LogP contribution in [0.25, 0.3) is 0 Å². The van der Waals surface area contributed by atoms with Crippen LogP contribution >= 0.6 is 15.9 Å². The third kappa shape index (κ3) is 5.85. The average molecular weight is 360 g/mol. The molecule has 0 heterocycles. The lowest BCUT2D eigenvalue weighted by atomic mass is 10.1. The van der Waals surface area contributed by atoms with Crippen LogP contribution in [0.1, 0.15) is 39.2 Å². The lowest BCUT2D eigenvalue weighted by Gasteiger charge is -2.17. The Morgan fingerprint density at radius 2 is 2.00 bits per heavy atom. The third-order valence-electron chi connectivity index (χ3n) is 3.13. The quantitative estimate of drug-likeness (QED) is 0.671. The molecule has 0 bridgehead atoms. The van der Waals surface area contributed by atoms with Gasteiger partial charge in [0, 0.05) is 12.6 Å². The standard InChI is InChI=1S/C16H26BrNO3/c1-4-7-21-16-14(17)8-12(9-15(16)20-6-3)10-18-13(5-2)11-19/h8-9,13,18-19H,4-7,10-11H2,1-3H3/t13-/m0/s1. The summed E-state index contributed by atoms with van der Waals surface area (Å²) in [5.41, 5.74) is 1.10. The van der Waals surface area contributed by atoms with Gasteiger partial charge in [0.25, 0.3) is 0 Å². The molecule has 0 saturated heterocycles. The van der Waals surface area contributed by atoms with Gasteiger partial charge in [0.2, 0.25) is 0 Å². The molecule has 1 aromatic carbocycles. The van der Waals surface area contributed by atoms with Gasteiger partial charge < -0.3 is 19.9 Å². The van der Waals surface area contributed by atoms with E-state index in [0.29, 0.717) is 19.8 Å². The van der Waals surface area contributed by atoms with E-state index >= 15 is 0 Å². The topological polar surface area (TPSA) is 50.7 Å². The molecule has 0 fully saturated rings. The second-order valence-electron chi connectivity index (χ2n) is 4.86. The Balaban J connectivity index is 2.86. The minimum Gasteiger partial charge on any atom is -0.490 e. The van der Waals surface area contributed by atoms with Gasteiger partial charge in [-0.05, 0) is 53.4 Å². The van der Waals surface area contributed by atoms with E-state index in [0.717, 1.165) is 34.4 Å². The normalized spacial score (nSPS) is 12.2. The Morgan fingerprint density at radius 3 is 2.57 bits per heavy atom. The smallest absolute Gasteiger partial charge is 0.175 e. The number of benzene rings is 1. The second-order valence-corrected chi connectivity index (χ2v) is 5.71. The summed E-state index contributed by atoms with van der Waals surface area (Å²) in [6, 6.07) is 4.15. The average Bonchev–Trinajstić information content (AvgIpc) is 2.48. The van der Waals surface area contributed by atoms with E-state index in [2.05, 4.69) is 35.1 Å². The number of hydrogen-bond donors (Lipinski definition) is 2. The fourth-order valence-corrected chi connectivity index (χ4v) is 2.53. The zero-order valence-corrected chi connectivity index (χ0v) is 14.7. The maximum absolute atomic E-state index is 9.22. The number of hydrogen-bond acceptors (Lipinski definition) is 4. The summed E-state index contributed by atoms with van der Waals surface area (Å²) in [4.78, 5) is 0. The van der Waals surface area contributed by atoms with E-state index in [1.165, 1.54) is 0 Å². The molecular weight excluding hydrogens is 334 g/mol. The fraction of sp³-hybridized carbons (Fsp3) is 0.625. The van der Waals surface area contributed by atoms with E-state index in [1.54, 1.807) is 0 Å². The van der Waals surface area contributed by atoms with Crippen LogP contribution in [-0.4, -0.2) is 31.0 Å².